The van der Waals surface area contributed by atoms with Gasteiger partial charge >= 0.3 is 0 Å². The molecule has 2 rings (SSSR count). The molecule has 1 amide bonds. The highest BCUT2D eigenvalue weighted by molar-refractivity contribution is 14.1. The van der Waals surface area contributed by atoms with Gasteiger partial charge in [0, 0.05) is 19.4 Å². The molecule has 0 saturated heterocycles. The molecule has 0 saturated carbocycles. The van der Waals surface area contributed by atoms with E-state index in [1.54, 1.807) is 30.3 Å². The lowest BCUT2D eigenvalue weighted by Gasteiger charge is -2.09. The highest BCUT2D eigenvalue weighted by Crippen LogP contribution is 2.20. The predicted molar refractivity (Wildman–Crippen MR) is 99.7 cm³/mol. The van der Waals surface area contributed by atoms with Crippen molar-refractivity contribution in [3.63, 3.8) is 0 Å². The van der Waals surface area contributed by atoms with Crippen molar-refractivity contribution in [2.45, 2.75) is 0 Å². The maximum absolute atomic E-state index is 12.3. The topological polar surface area (TPSA) is 75.3 Å². The third-order valence-electron chi connectivity index (χ3n) is 2.62. The Balaban J connectivity index is 2.14. The quantitative estimate of drug-likeness (QED) is 0.636. The minimum Gasteiger partial charge on any atom is -0.322 e. The fourth-order valence-corrected chi connectivity index (χ4v) is 3.21. The van der Waals surface area contributed by atoms with E-state index in [2.05, 4.69) is 48.6 Å². The van der Waals surface area contributed by atoms with E-state index in [-0.39, 0.29) is 5.91 Å². The second kappa shape index (κ2) is 6.97. The van der Waals surface area contributed by atoms with E-state index in [1.165, 1.54) is 0 Å². The lowest BCUT2D eigenvalue weighted by Crippen LogP contribution is -2.14. The third-order valence-corrected chi connectivity index (χ3v) is 4.66. The van der Waals surface area contributed by atoms with Gasteiger partial charge in [0.1, 0.15) is 0 Å². The first-order valence-electron chi connectivity index (χ1n) is 6.09. The van der Waals surface area contributed by atoms with E-state index in [9.17, 15) is 13.2 Å². The Hall–Kier alpha value is -1.13. The van der Waals surface area contributed by atoms with E-state index in [0.29, 0.717) is 16.9 Å². The molecule has 5 nitrogen and oxygen atoms in total. The van der Waals surface area contributed by atoms with Gasteiger partial charge in [0.2, 0.25) is 10.0 Å². The maximum Gasteiger partial charge on any atom is 0.256 e. The Morgan fingerprint density at radius 2 is 1.68 bits per heavy atom. The number of carbonyl (C=O) groups is 1. The number of nitrogens with one attached hydrogen (secondary N) is 2. The molecule has 0 aliphatic carbocycles. The Labute approximate surface area is 150 Å². The highest BCUT2D eigenvalue weighted by atomic mass is 127. The van der Waals surface area contributed by atoms with Crippen LogP contribution < -0.4 is 10.0 Å². The van der Waals surface area contributed by atoms with Gasteiger partial charge in [-0.05, 0) is 65.1 Å². The highest BCUT2D eigenvalue weighted by Gasteiger charge is 2.11. The smallest absolute Gasteiger partial charge is 0.256 e. The molecule has 0 aromatic heterocycles. The van der Waals surface area contributed by atoms with Crippen LogP contribution in [0.15, 0.2) is 46.9 Å². The molecule has 0 aliphatic rings. The first-order valence-corrected chi connectivity index (χ1v) is 9.85. The van der Waals surface area contributed by atoms with Crippen LogP contribution in [0.5, 0.6) is 0 Å². The van der Waals surface area contributed by atoms with Crippen LogP contribution in [-0.4, -0.2) is 20.6 Å². The molecule has 0 radical (unpaired) electrons. The molecule has 0 fully saturated rings. The first-order chi connectivity index (χ1) is 10.2. The number of hydrogen-bond donors (Lipinski definition) is 2. The lowest BCUT2D eigenvalue weighted by molar-refractivity contribution is 0.102. The predicted octanol–water partition coefficient (Wildman–Crippen LogP) is 3.68. The molecular formula is C14H12BrIN2O3S. The first kappa shape index (κ1) is 17.2. The van der Waals surface area contributed by atoms with Crippen LogP contribution in [0.3, 0.4) is 0 Å². The number of rotatable bonds is 4. The Bertz CT molecular complexity index is 807. The zero-order chi connectivity index (χ0) is 16.3. The third kappa shape index (κ3) is 4.96. The van der Waals surface area contributed by atoms with Gasteiger partial charge in [0.05, 0.1) is 11.8 Å². The summed E-state index contributed by atoms with van der Waals surface area (Å²) in [5.74, 6) is -0.227. The summed E-state index contributed by atoms with van der Waals surface area (Å²) in [6.45, 7) is 0. The number of sulfonamides is 1. The Morgan fingerprint density at radius 3 is 2.27 bits per heavy atom. The van der Waals surface area contributed by atoms with Crippen LogP contribution in [0.25, 0.3) is 0 Å². The molecule has 22 heavy (non-hydrogen) atoms. The monoisotopic (exact) mass is 494 g/mol. The molecule has 0 aliphatic heterocycles. The maximum atomic E-state index is 12.3. The van der Waals surface area contributed by atoms with E-state index in [0.717, 1.165) is 14.3 Å². The molecule has 116 valence electrons. The molecule has 0 atom stereocenters. The number of anilines is 2. The molecule has 2 aromatic carbocycles. The minimum absolute atomic E-state index is 0.227. The van der Waals surface area contributed by atoms with Gasteiger partial charge in [0.25, 0.3) is 5.91 Å². The van der Waals surface area contributed by atoms with Gasteiger partial charge in [0.15, 0.2) is 0 Å². The van der Waals surface area contributed by atoms with Crippen LogP contribution in [-0.2, 0) is 10.0 Å². The standard InChI is InChI=1S/C14H12BrIN2O3S/c1-22(20,21)18-11-5-3-10(4-6-11)17-14(19)12-8-9(15)2-7-13(12)16/h2-8,18H,1H3,(H,17,19). The zero-order valence-electron chi connectivity index (χ0n) is 11.4. The van der Waals surface area contributed by atoms with Gasteiger partial charge in [-0.2, -0.15) is 0 Å². The fraction of sp³-hybridized carbons (Fsp3) is 0.0714. The Kier molecular flexibility index (Phi) is 5.45. The average molecular weight is 495 g/mol. The summed E-state index contributed by atoms with van der Waals surface area (Å²) in [7, 11) is -3.31. The van der Waals surface area contributed by atoms with Crippen molar-refractivity contribution in [3.8, 4) is 0 Å². The number of carbonyl (C=O) groups excluding carboxylic acids is 1. The second-order valence-electron chi connectivity index (χ2n) is 4.53. The number of amides is 1. The van der Waals surface area contributed by atoms with Gasteiger partial charge < -0.3 is 5.32 Å². The lowest BCUT2D eigenvalue weighted by atomic mass is 10.2. The zero-order valence-corrected chi connectivity index (χ0v) is 16.0. The van der Waals surface area contributed by atoms with Crippen LogP contribution in [0.4, 0.5) is 11.4 Å². The van der Waals surface area contributed by atoms with Crippen LogP contribution in [0, 0.1) is 3.57 Å². The van der Waals surface area contributed by atoms with Crippen LogP contribution in [0.2, 0.25) is 0 Å². The largest absolute Gasteiger partial charge is 0.322 e. The average Bonchev–Trinajstić information content (AvgIpc) is 2.42. The molecule has 2 N–H and O–H groups in total. The van der Waals surface area contributed by atoms with Crippen molar-refractivity contribution in [2.24, 2.45) is 0 Å². The van der Waals surface area contributed by atoms with Gasteiger partial charge in [-0.25, -0.2) is 8.42 Å². The molecule has 0 bridgehead atoms. The number of halogens is 2. The summed E-state index contributed by atoms with van der Waals surface area (Å²) < 4.78 is 26.3. The molecule has 0 unspecified atom stereocenters. The van der Waals surface area contributed by atoms with Crippen molar-refractivity contribution < 1.29 is 13.2 Å². The van der Waals surface area contributed by atoms with Crippen LogP contribution >= 0.6 is 38.5 Å². The van der Waals surface area contributed by atoms with Crippen molar-refractivity contribution in [1.82, 2.24) is 0 Å². The van der Waals surface area contributed by atoms with Crippen LogP contribution in [0.1, 0.15) is 10.4 Å². The summed E-state index contributed by atoms with van der Waals surface area (Å²) in [6, 6.07) is 11.9. The number of hydrogen-bond acceptors (Lipinski definition) is 3. The molecule has 0 spiro atoms. The van der Waals surface area contributed by atoms with Gasteiger partial charge in [-0.3, -0.25) is 9.52 Å². The summed E-state index contributed by atoms with van der Waals surface area (Å²) in [4.78, 5) is 12.3. The van der Waals surface area contributed by atoms with Crippen molar-refractivity contribution in [3.05, 3.63) is 56.1 Å². The molecule has 8 heteroatoms. The SMILES string of the molecule is CS(=O)(=O)Nc1ccc(NC(=O)c2cc(Br)ccc2I)cc1. The summed E-state index contributed by atoms with van der Waals surface area (Å²) >= 11 is 5.44. The summed E-state index contributed by atoms with van der Waals surface area (Å²) in [5, 5.41) is 2.77. The number of benzene rings is 2. The Morgan fingerprint density at radius 1 is 1.09 bits per heavy atom. The molecular weight excluding hydrogens is 483 g/mol. The summed E-state index contributed by atoms with van der Waals surface area (Å²) in [5.41, 5.74) is 1.59. The molecule has 0 heterocycles. The van der Waals surface area contributed by atoms with Crippen molar-refractivity contribution >= 4 is 65.8 Å². The van der Waals surface area contributed by atoms with Crippen molar-refractivity contribution in [2.75, 3.05) is 16.3 Å². The van der Waals surface area contributed by atoms with E-state index in [4.69, 9.17) is 0 Å². The van der Waals surface area contributed by atoms with Gasteiger partial charge in [-0.1, -0.05) is 15.9 Å². The normalized spacial score (nSPS) is 11.0. The van der Waals surface area contributed by atoms with Crippen molar-refractivity contribution in [1.29, 1.82) is 0 Å². The second-order valence-corrected chi connectivity index (χ2v) is 8.36. The summed E-state index contributed by atoms with van der Waals surface area (Å²) in [6.07, 6.45) is 1.08. The molecule has 2 aromatic rings. The fourth-order valence-electron chi connectivity index (χ4n) is 1.71. The minimum atomic E-state index is -3.31. The van der Waals surface area contributed by atoms with E-state index < -0.39 is 10.0 Å². The van der Waals surface area contributed by atoms with Gasteiger partial charge in [-0.15, -0.1) is 0 Å². The van der Waals surface area contributed by atoms with E-state index in [1.807, 2.05) is 12.1 Å². The van der Waals surface area contributed by atoms with E-state index >= 15 is 0 Å².